The molecule has 0 radical (unpaired) electrons. The number of carbonyl (C=O) groups excluding carboxylic acids is 2. The molecule has 0 atom stereocenters. The number of fused-ring (bicyclic) bond motifs is 2. The SMILES string of the molecule is CC(C)(C)c1cccc(NC(=O)c2ccc3c4cccc5c(Br)ccc(c6ccc(C(N)=O)c2c63)c54)c1. The topological polar surface area (TPSA) is 72.2 Å². The highest BCUT2D eigenvalue weighted by Gasteiger charge is 2.22. The number of hydrogen-bond donors (Lipinski definition) is 2. The Morgan fingerprint density at radius 3 is 2.00 bits per heavy atom. The second-order valence-electron chi connectivity index (χ2n) is 10.5. The molecular weight excluding hydrogens is 524 g/mol. The van der Waals surface area contributed by atoms with Crippen LogP contribution in [0.3, 0.4) is 0 Å². The molecule has 0 aromatic heterocycles. The average Bonchev–Trinajstić information content (AvgIpc) is 2.87. The molecule has 6 aromatic rings. The number of nitrogens with two attached hydrogens (primary N) is 1. The van der Waals surface area contributed by atoms with Gasteiger partial charge in [0.2, 0.25) is 5.91 Å². The van der Waals surface area contributed by atoms with Crippen molar-refractivity contribution in [2.24, 2.45) is 5.73 Å². The molecule has 0 aliphatic heterocycles. The molecule has 0 saturated carbocycles. The molecule has 4 nitrogen and oxygen atoms in total. The van der Waals surface area contributed by atoms with Crippen molar-refractivity contribution in [2.45, 2.75) is 26.2 Å². The van der Waals surface area contributed by atoms with Gasteiger partial charge < -0.3 is 11.1 Å². The molecule has 182 valence electrons. The zero-order valence-corrected chi connectivity index (χ0v) is 22.4. The van der Waals surface area contributed by atoms with Crippen LogP contribution in [0.2, 0.25) is 0 Å². The van der Waals surface area contributed by atoms with E-state index in [1.165, 1.54) is 0 Å². The molecule has 3 N–H and O–H groups in total. The van der Waals surface area contributed by atoms with E-state index in [0.717, 1.165) is 47.7 Å². The quantitative estimate of drug-likeness (QED) is 0.173. The zero-order chi connectivity index (χ0) is 26.1. The van der Waals surface area contributed by atoms with E-state index in [2.05, 4.69) is 66.3 Å². The first-order chi connectivity index (χ1) is 17.6. The summed E-state index contributed by atoms with van der Waals surface area (Å²) in [6.07, 6.45) is 0. The Bertz CT molecular complexity index is 1880. The van der Waals surface area contributed by atoms with E-state index in [4.69, 9.17) is 5.73 Å². The van der Waals surface area contributed by atoms with E-state index < -0.39 is 5.91 Å². The van der Waals surface area contributed by atoms with Crippen LogP contribution >= 0.6 is 15.9 Å². The summed E-state index contributed by atoms with van der Waals surface area (Å²) in [7, 11) is 0. The molecule has 0 spiro atoms. The molecule has 37 heavy (non-hydrogen) atoms. The van der Waals surface area contributed by atoms with Crippen LogP contribution < -0.4 is 11.1 Å². The molecule has 0 fully saturated rings. The van der Waals surface area contributed by atoms with Gasteiger partial charge in [-0.1, -0.05) is 85.2 Å². The van der Waals surface area contributed by atoms with Crippen LogP contribution in [-0.4, -0.2) is 11.8 Å². The van der Waals surface area contributed by atoms with Crippen molar-refractivity contribution in [3.63, 3.8) is 0 Å². The normalized spacial score (nSPS) is 12.1. The molecule has 0 aliphatic carbocycles. The van der Waals surface area contributed by atoms with E-state index in [1.807, 2.05) is 42.5 Å². The maximum atomic E-state index is 13.7. The summed E-state index contributed by atoms with van der Waals surface area (Å²) in [5, 5.41) is 10.9. The van der Waals surface area contributed by atoms with Crippen LogP contribution in [0.1, 0.15) is 47.1 Å². The molecule has 2 amide bonds. The van der Waals surface area contributed by atoms with Gasteiger partial charge in [-0.15, -0.1) is 0 Å². The summed E-state index contributed by atoms with van der Waals surface area (Å²) in [6, 6.07) is 25.7. The van der Waals surface area contributed by atoms with Gasteiger partial charge in [0.1, 0.15) is 0 Å². The van der Waals surface area contributed by atoms with Gasteiger partial charge >= 0.3 is 0 Å². The Morgan fingerprint density at radius 1 is 0.703 bits per heavy atom. The van der Waals surface area contributed by atoms with Gasteiger partial charge in [-0.2, -0.15) is 0 Å². The fraction of sp³-hybridized carbons (Fsp3) is 0.125. The van der Waals surface area contributed by atoms with Crippen molar-refractivity contribution in [3.05, 3.63) is 100 Å². The first kappa shape index (κ1) is 23.4. The van der Waals surface area contributed by atoms with Crippen LogP contribution in [0, 0.1) is 0 Å². The zero-order valence-electron chi connectivity index (χ0n) is 20.8. The number of halogens is 1. The number of amides is 2. The summed E-state index contributed by atoms with van der Waals surface area (Å²) in [5.41, 5.74) is 8.37. The van der Waals surface area contributed by atoms with Crippen molar-refractivity contribution < 1.29 is 9.59 Å². The van der Waals surface area contributed by atoms with Crippen LogP contribution in [0.4, 0.5) is 5.69 Å². The average molecular weight is 549 g/mol. The van der Waals surface area contributed by atoms with Crippen molar-refractivity contribution in [1.82, 2.24) is 0 Å². The summed E-state index contributed by atoms with van der Waals surface area (Å²) in [5.74, 6) is -0.843. The van der Waals surface area contributed by atoms with Crippen LogP contribution in [0.5, 0.6) is 0 Å². The summed E-state index contributed by atoms with van der Waals surface area (Å²) >= 11 is 3.69. The van der Waals surface area contributed by atoms with Crippen LogP contribution in [0.15, 0.2) is 83.3 Å². The third-order valence-electron chi connectivity index (χ3n) is 7.23. The number of primary amides is 1. The lowest BCUT2D eigenvalue weighted by Crippen LogP contribution is -2.17. The third kappa shape index (κ3) is 3.65. The lowest BCUT2D eigenvalue weighted by molar-refractivity contribution is 0.100. The maximum Gasteiger partial charge on any atom is 0.256 e. The highest BCUT2D eigenvalue weighted by atomic mass is 79.9. The Hall–Kier alpha value is -3.96. The first-order valence-corrected chi connectivity index (χ1v) is 13.0. The van der Waals surface area contributed by atoms with Crippen molar-refractivity contribution in [1.29, 1.82) is 0 Å². The second-order valence-corrected chi connectivity index (χ2v) is 11.4. The monoisotopic (exact) mass is 548 g/mol. The lowest BCUT2D eigenvalue weighted by atomic mass is 9.86. The summed E-state index contributed by atoms with van der Waals surface area (Å²) in [4.78, 5) is 26.3. The van der Waals surface area contributed by atoms with Gasteiger partial charge in [-0.25, -0.2) is 0 Å². The van der Waals surface area contributed by atoms with Crippen LogP contribution in [-0.2, 0) is 5.41 Å². The van der Waals surface area contributed by atoms with Gasteiger partial charge in [-0.3, -0.25) is 9.59 Å². The fourth-order valence-corrected chi connectivity index (χ4v) is 5.88. The molecule has 0 heterocycles. The van der Waals surface area contributed by atoms with Gasteiger partial charge in [0.15, 0.2) is 0 Å². The minimum atomic E-state index is -0.563. The molecule has 0 bridgehead atoms. The first-order valence-electron chi connectivity index (χ1n) is 12.2. The number of nitrogens with one attached hydrogen (secondary N) is 1. The highest BCUT2D eigenvalue weighted by Crippen LogP contribution is 2.43. The van der Waals surface area contributed by atoms with E-state index >= 15 is 0 Å². The predicted molar refractivity (Wildman–Crippen MR) is 157 cm³/mol. The molecule has 0 unspecified atom stereocenters. The number of carbonyl (C=O) groups is 2. The van der Waals surface area contributed by atoms with E-state index in [1.54, 1.807) is 12.1 Å². The van der Waals surface area contributed by atoms with Gasteiger partial charge in [0.05, 0.1) is 0 Å². The second kappa shape index (κ2) is 8.29. The summed E-state index contributed by atoms with van der Waals surface area (Å²) in [6.45, 7) is 6.41. The number of benzene rings is 6. The maximum absolute atomic E-state index is 13.7. The smallest absolute Gasteiger partial charge is 0.256 e. The highest BCUT2D eigenvalue weighted by molar-refractivity contribution is 9.10. The Morgan fingerprint density at radius 2 is 1.30 bits per heavy atom. The van der Waals surface area contributed by atoms with Crippen LogP contribution in [0.25, 0.3) is 43.1 Å². The van der Waals surface area contributed by atoms with E-state index in [-0.39, 0.29) is 11.3 Å². The van der Waals surface area contributed by atoms with Crippen molar-refractivity contribution in [2.75, 3.05) is 5.32 Å². The van der Waals surface area contributed by atoms with E-state index in [0.29, 0.717) is 22.2 Å². The predicted octanol–water partition coefficient (Wildman–Crippen LogP) is 8.15. The summed E-state index contributed by atoms with van der Waals surface area (Å²) < 4.78 is 1.02. The molecular formula is C32H25BrN2O2. The van der Waals surface area contributed by atoms with Gasteiger partial charge in [0, 0.05) is 26.7 Å². The number of rotatable bonds is 3. The number of hydrogen-bond acceptors (Lipinski definition) is 2. The minimum Gasteiger partial charge on any atom is -0.366 e. The molecule has 5 heteroatoms. The Balaban J connectivity index is 1.64. The third-order valence-corrected chi connectivity index (χ3v) is 7.92. The molecule has 0 aliphatic rings. The minimum absolute atomic E-state index is 0.0521. The molecule has 6 rings (SSSR count). The lowest BCUT2D eigenvalue weighted by Gasteiger charge is -2.20. The largest absolute Gasteiger partial charge is 0.366 e. The Kier molecular flexibility index (Phi) is 5.25. The van der Waals surface area contributed by atoms with Gasteiger partial charge in [-0.05, 0) is 79.0 Å². The van der Waals surface area contributed by atoms with Crippen molar-refractivity contribution >= 4 is 76.5 Å². The van der Waals surface area contributed by atoms with E-state index in [9.17, 15) is 9.59 Å². The Labute approximate surface area is 222 Å². The molecule has 6 aromatic carbocycles. The standard InChI is InChI=1S/C32H25BrN2O2/c1-32(2,3)17-6-4-7-18(16-17)35-31(37)25-13-11-21-19-8-5-9-23-26(33)15-14-20(27(19)23)22-10-12-24(30(34)36)29(25)28(21)22/h4-16H,1-3H3,(H2,34,36)(H,35,37). The van der Waals surface area contributed by atoms with Gasteiger partial charge in [0.25, 0.3) is 5.91 Å². The number of anilines is 1. The fourth-order valence-electron chi connectivity index (χ4n) is 5.42. The molecule has 0 saturated heterocycles. The van der Waals surface area contributed by atoms with Crippen molar-refractivity contribution in [3.8, 4) is 0 Å².